The molecule has 4 heteroatoms. The molecule has 0 N–H and O–H groups in total. The highest BCUT2D eigenvalue weighted by atomic mass is 16.8. The monoisotopic (exact) mass is 141 g/mol. The quantitative estimate of drug-likeness (QED) is 0.313. The van der Waals surface area contributed by atoms with Crippen LogP contribution < -0.4 is 0 Å². The van der Waals surface area contributed by atoms with Crippen molar-refractivity contribution < 1.29 is 14.3 Å². The minimum atomic E-state index is -1.25. The van der Waals surface area contributed by atoms with Crippen molar-refractivity contribution in [2.75, 3.05) is 13.2 Å². The number of hydrogen-bond donors (Lipinski definition) is 0. The van der Waals surface area contributed by atoms with Crippen molar-refractivity contribution in [3.05, 3.63) is 12.7 Å². The van der Waals surface area contributed by atoms with E-state index in [-0.39, 0.29) is 0 Å². The van der Waals surface area contributed by atoms with Gasteiger partial charge in [-0.3, -0.25) is 0 Å². The predicted molar refractivity (Wildman–Crippen MR) is 33.0 cm³/mol. The molecular weight excluding hydrogens is 134 g/mol. The fraction of sp³-hybridized carbons (Fsp3) is 0.500. The van der Waals surface area contributed by atoms with E-state index in [1.165, 1.54) is 12.2 Å². The van der Waals surface area contributed by atoms with Gasteiger partial charge in [0.15, 0.2) is 0 Å². The maximum atomic E-state index is 9.83. The Morgan fingerprint density at radius 2 is 2.20 bits per heavy atom. The number of hydrogen-bond acceptors (Lipinski definition) is 4. The number of nitrogens with zero attached hydrogens (tertiary/aromatic N) is 1. The molecule has 4 nitrogen and oxygen atoms in total. The van der Waals surface area contributed by atoms with Gasteiger partial charge in [0.25, 0.3) is 0 Å². The third-order valence-electron chi connectivity index (χ3n) is 1.16. The van der Waals surface area contributed by atoms with E-state index in [0.29, 0.717) is 13.2 Å². The van der Waals surface area contributed by atoms with Gasteiger partial charge in [-0.1, -0.05) is 6.58 Å². The van der Waals surface area contributed by atoms with Crippen LogP contribution in [0.25, 0.3) is 0 Å². The zero-order chi connectivity index (χ0) is 7.45. The Bertz CT molecular complexity index is 177. The van der Waals surface area contributed by atoms with Gasteiger partial charge in [0.05, 0.1) is 13.2 Å². The minimum absolute atomic E-state index is 0.428. The van der Waals surface area contributed by atoms with E-state index in [9.17, 15) is 4.79 Å². The fourth-order valence-electron chi connectivity index (χ4n) is 0.709. The van der Waals surface area contributed by atoms with Crippen LogP contribution in [0.5, 0.6) is 0 Å². The molecule has 1 aliphatic rings. The van der Waals surface area contributed by atoms with Crippen molar-refractivity contribution in [2.24, 2.45) is 4.99 Å². The van der Waals surface area contributed by atoms with Crippen molar-refractivity contribution in [1.29, 1.82) is 0 Å². The van der Waals surface area contributed by atoms with E-state index in [1.54, 1.807) is 0 Å². The van der Waals surface area contributed by atoms with E-state index >= 15 is 0 Å². The summed E-state index contributed by atoms with van der Waals surface area (Å²) < 4.78 is 9.92. The zero-order valence-corrected chi connectivity index (χ0v) is 5.37. The molecule has 0 amide bonds. The highest BCUT2D eigenvalue weighted by molar-refractivity contribution is 5.34. The summed E-state index contributed by atoms with van der Waals surface area (Å²) in [7, 11) is 0. The van der Waals surface area contributed by atoms with Crippen LogP contribution in [0.3, 0.4) is 0 Å². The first-order valence-corrected chi connectivity index (χ1v) is 2.83. The molecule has 0 aromatic rings. The molecule has 0 spiro atoms. The van der Waals surface area contributed by atoms with Crippen molar-refractivity contribution >= 4 is 6.08 Å². The highest BCUT2D eigenvalue weighted by Crippen LogP contribution is 2.20. The van der Waals surface area contributed by atoms with Gasteiger partial charge >= 0.3 is 5.91 Å². The van der Waals surface area contributed by atoms with Crippen LogP contribution in [0.2, 0.25) is 0 Å². The summed E-state index contributed by atoms with van der Waals surface area (Å²) in [5.41, 5.74) is 0. The molecule has 0 aromatic carbocycles. The first-order valence-electron chi connectivity index (χ1n) is 2.83. The lowest BCUT2D eigenvalue weighted by Gasteiger charge is -2.13. The Labute approximate surface area is 58.2 Å². The molecule has 0 bridgehead atoms. The Balaban J connectivity index is 2.76. The number of ether oxygens (including phenoxy) is 2. The Hall–Kier alpha value is -0.960. The lowest BCUT2D eigenvalue weighted by molar-refractivity contribution is -0.107. The summed E-state index contributed by atoms with van der Waals surface area (Å²) in [5, 5.41) is 0. The maximum Gasteiger partial charge on any atom is 0.301 e. The number of aliphatic imine (C=N–C) groups is 1. The number of carbonyl (C=O) groups excluding carboxylic acids is 1. The zero-order valence-electron chi connectivity index (χ0n) is 5.37. The molecule has 1 aliphatic heterocycles. The van der Waals surface area contributed by atoms with E-state index in [0.717, 1.165) is 0 Å². The highest BCUT2D eigenvalue weighted by Gasteiger charge is 2.32. The van der Waals surface area contributed by atoms with Crippen molar-refractivity contribution in [2.45, 2.75) is 5.91 Å². The SMILES string of the molecule is C=CC1(N=C=O)OCCO1. The predicted octanol–water partition coefficient (Wildman–Crippen LogP) is 0.209. The second kappa shape index (κ2) is 2.75. The van der Waals surface area contributed by atoms with Crippen LogP contribution in [-0.4, -0.2) is 25.2 Å². The van der Waals surface area contributed by atoms with Gasteiger partial charge in [0, 0.05) is 0 Å². The van der Waals surface area contributed by atoms with Gasteiger partial charge in [0.2, 0.25) is 6.08 Å². The van der Waals surface area contributed by atoms with E-state index < -0.39 is 5.91 Å². The topological polar surface area (TPSA) is 47.9 Å². The standard InChI is InChI=1S/C6H7NO3/c1-2-6(7-5-8)9-3-4-10-6/h2H,1,3-4H2. The molecule has 0 atom stereocenters. The minimum Gasteiger partial charge on any atom is -0.325 e. The lowest BCUT2D eigenvalue weighted by atomic mass is 10.5. The van der Waals surface area contributed by atoms with Crippen molar-refractivity contribution in [3.63, 3.8) is 0 Å². The third kappa shape index (κ3) is 1.14. The maximum absolute atomic E-state index is 9.83. The third-order valence-corrected chi connectivity index (χ3v) is 1.16. The molecular formula is C6H7NO3. The Morgan fingerprint density at radius 1 is 1.60 bits per heavy atom. The summed E-state index contributed by atoms with van der Waals surface area (Å²) in [4.78, 5) is 13.1. The molecule has 1 heterocycles. The summed E-state index contributed by atoms with van der Waals surface area (Å²) >= 11 is 0. The summed E-state index contributed by atoms with van der Waals surface area (Å²) in [6.07, 6.45) is 2.68. The molecule has 1 rings (SSSR count). The largest absolute Gasteiger partial charge is 0.325 e. The first-order chi connectivity index (χ1) is 4.83. The van der Waals surface area contributed by atoms with Crippen LogP contribution in [0.1, 0.15) is 0 Å². The van der Waals surface area contributed by atoms with Crippen LogP contribution in [0, 0.1) is 0 Å². The Kier molecular flexibility index (Phi) is 1.97. The van der Waals surface area contributed by atoms with Gasteiger partial charge in [-0.05, 0) is 6.08 Å². The molecule has 10 heavy (non-hydrogen) atoms. The van der Waals surface area contributed by atoms with Gasteiger partial charge in [-0.2, -0.15) is 0 Å². The molecule has 0 radical (unpaired) electrons. The molecule has 0 aliphatic carbocycles. The van der Waals surface area contributed by atoms with Gasteiger partial charge in [0.1, 0.15) is 0 Å². The normalized spacial score (nSPS) is 21.6. The van der Waals surface area contributed by atoms with Crippen molar-refractivity contribution in [3.8, 4) is 0 Å². The van der Waals surface area contributed by atoms with Crippen LogP contribution in [-0.2, 0) is 14.3 Å². The van der Waals surface area contributed by atoms with E-state index in [2.05, 4.69) is 11.6 Å². The average Bonchev–Trinajstić information content (AvgIpc) is 2.39. The van der Waals surface area contributed by atoms with Gasteiger partial charge in [-0.25, -0.2) is 4.79 Å². The first kappa shape index (κ1) is 7.15. The summed E-state index contributed by atoms with van der Waals surface area (Å²) in [6.45, 7) is 4.27. The van der Waals surface area contributed by atoms with E-state index in [1.807, 2.05) is 0 Å². The lowest BCUT2D eigenvalue weighted by Crippen LogP contribution is -2.23. The summed E-state index contributed by atoms with van der Waals surface area (Å²) in [5.74, 6) is -1.25. The van der Waals surface area contributed by atoms with Gasteiger partial charge < -0.3 is 9.47 Å². The van der Waals surface area contributed by atoms with Crippen LogP contribution in [0.4, 0.5) is 0 Å². The summed E-state index contributed by atoms with van der Waals surface area (Å²) in [6, 6.07) is 0. The second-order valence-corrected chi connectivity index (χ2v) is 1.73. The van der Waals surface area contributed by atoms with Crippen LogP contribution in [0.15, 0.2) is 17.6 Å². The fourth-order valence-corrected chi connectivity index (χ4v) is 0.709. The van der Waals surface area contributed by atoms with Crippen molar-refractivity contribution in [1.82, 2.24) is 0 Å². The van der Waals surface area contributed by atoms with Gasteiger partial charge in [-0.15, -0.1) is 4.99 Å². The molecule has 1 fully saturated rings. The second-order valence-electron chi connectivity index (χ2n) is 1.73. The molecule has 0 unspecified atom stereocenters. The average molecular weight is 141 g/mol. The number of rotatable bonds is 2. The molecule has 0 aromatic heterocycles. The molecule has 54 valence electrons. The van der Waals surface area contributed by atoms with E-state index in [4.69, 9.17) is 9.47 Å². The van der Waals surface area contributed by atoms with Crippen LogP contribution >= 0.6 is 0 Å². The number of isocyanates is 1. The smallest absolute Gasteiger partial charge is 0.301 e. The molecule has 1 saturated heterocycles. The Morgan fingerprint density at radius 3 is 2.60 bits per heavy atom. The molecule has 0 saturated carbocycles.